The molecule has 21 heavy (non-hydrogen) atoms. The molecule has 2 N–H and O–H groups in total. The molecular formula is C15H17BF2N2S. The van der Waals surface area contributed by atoms with E-state index in [-0.39, 0.29) is 11.2 Å². The van der Waals surface area contributed by atoms with Gasteiger partial charge in [-0.05, 0) is 24.5 Å². The maximum absolute atomic E-state index is 14.1. The zero-order chi connectivity index (χ0) is 15.4. The van der Waals surface area contributed by atoms with Gasteiger partial charge in [0.05, 0.1) is 5.55 Å². The molecule has 2 nitrogen and oxygen atoms in total. The van der Waals surface area contributed by atoms with Gasteiger partial charge in [0.1, 0.15) is 7.85 Å². The lowest BCUT2D eigenvalue weighted by Crippen LogP contribution is -2.43. The van der Waals surface area contributed by atoms with E-state index in [0.29, 0.717) is 18.4 Å². The van der Waals surface area contributed by atoms with E-state index in [2.05, 4.69) is 11.6 Å². The number of nitrogens with zero attached hydrogens (tertiary/aromatic N) is 1. The molecule has 110 valence electrons. The number of hydrogen-bond donors (Lipinski definition) is 1. The van der Waals surface area contributed by atoms with Crippen molar-refractivity contribution in [1.29, 1.82) is 0 Å². The molecule has 0 aromatic heterocycles. The number of nitrogens with two attached hydrogens (primary N) is 1. The number of halogens is 2. The average Bonchev–Trinajstić information content (AvgIpc) is 2.89. The Morgan fingerprint density at radius 2 is 2.24 bits per heavy atom. The van der Waals surface area contributed by atoms with Gasteiger partial charge in [-0.2, -0.15) is 0 Å². The molecule has 1 aromatic rings. The molecule has 1 aliphatic rings. The van der Waals surface area contributed by atoms with Crippen LogP contribution >= 0.6 is 11.8 Å². The molecule has 2 radical (unpaired) electrons. The first-order chi connectivity index (χ1) is 10.1. The van der Waals surface area contributed by atoms with Gasteiger partial charge in [0.25, 0.3) is 0 Å². The molecule has 0 fully saturated rings. The van der Waals surface area contributed by atoms with Crippen molar-refractivity contribution in [3.8, 4) is 0 Å². The van der Waals surface area contributed by atoms with Crippen LogP contribution in [-0.2, 0) is 0 Å². The summed E-state index contributed by atoms with van der Waals surface area (Å²) in [6.45, 7) is 3.67. The summed E-state index contributed by atoms with van der Waals surface area (Å²) in [6, 6.07) is 3.77. The highest BCUT2D eigenvalue weighted by atomic mass is 32.2. The molecule has 0 spiro atoms. The lowest BCUT2D eigenvalue weighted by molar-refractivity contribution is 0.441. The first-order valence-corrected chi connectivity index (χ1v) is 7.73. The summed E-state index contributed by atoms with van der Waals surface area (Å²) in [4.78, 5) is 4.08. The normalized spacial score (nSPS) is 24.0. The van der Waals surface area contributed by atoms with Gasteiger partial charge >= 0.3 is 0 Å². The minimum absolute atomic E-state index is 0.137. The third-order valence-electron chi connectivity index (χ3n) is 3.69. The fourth-order valence-electron chi connectivity index (χ4n) is 2.55. The highest BCUT2D eigenvalue weighted by Gasteiger charge is 2.34. The van der Waals surface area contributed by atoms with Crippen LogP contribution in [0.3, 0.4) is 0 Å². The van der Waals surface area contributed by atoms with Gasteiger partial charge in [-0.1, -0.05) is 18.2 Å². The zero-order valence-electron chi connectivity index (χ0n) is 11.6. The molecule has 6 heteroatoms. The van der Waals surface area contributed by atoms with E-state index in [9.17, 15) is 8.78 Å². The van der Waals surface area contributed by atoms with Crippen LogP contribution in [0, 0.1) is 11.6 Å². The van der Waals surface area contributed by atoms with E-state index in [1.165, 1.54) is 17.8 Å². The summed E-state index contributed by atoms with van der Waals surface area (Å²) in [5, 5.41) is -0.137. The van der Waals surface area contributed by atoms with E-state index < -0.39 is 23.6 Å². The molecule has 0 amide bonds. The van der Waals surface area contributed by atoms with E-state index in [1.54, 1.807) is 17.7 Å². The van der Waals surface area contributed by atoms with Crippen molar-refractivity contribution in [3.05, 3.63) is 48.1 Å². The lowest BCUT2D eigenvalue weighted by atomic mass is 9.80. The second kappa shape index (κ2) is 7.23. The molecular weight excluding hydrogens is 289 g/mol. The summed E-state index contributed by atoms with van der Waals surface area (Å²) in [5.74, 6) is -2.43. The molecule has 1 aliphatic heterocycles. The second-order valence-electron chi connectivity index (χ2n) is 5.04. The van der Waals surface area contributed by atoms with E-state index in [0.717, 1.165) is 6.07 Å². The van der Waals surface area contributed by atoms with Crippen LogP contribution in [0.4, 0.5) is 8.78 Å². The highest BCUT2D eigenvalue weighted by Crippen LogP contribution is 2.34. The van der Waals surface area contributed by atoms with Gasteiger partial charge in [0.15, 0.2) is 11.6 Å². The lowest BCUT2D eigenvalue weighted by Gasteiger charge is -2.30. The first kappa shape index (κ1) is 16.2. The van der Waals surface area contributed by atoms with Gasteiger partial charge < -0.3 is 5.73 Å². The van der Waals surface area contributed by atoms with Crippen molar-refractivity contribution in [1.82, 2.24) is 0 Å². The van der Waals surface area contributed by atoms with Gasteiger partial charge in [-0.25, -0.2) is 8.78 Å². The minimum Gasteiger partial charge on any atom is -0.326 e. The third kappa shape index (κ3) is 3.55. The maximum Gasteiger partial charge on any atom is 0.162 e. The van der Waals surface area contributed by atoms with Crippen molar-refractivity contribution in [3.63, 3.8) is 0 Å². The highest BCUT2D eigenvalue weighted by molar-refractivity contribution is 8.13. The van der Waals surface area contributed by atoms with Crippen LogP contribution in [0.1, 0.15) is 24.3 Å². The summed E-state index contributed by atoms with van der Waals surface area (Å²) < 4.78 is 27.6. The van der Waals surface area contributed by atoms with Gasteiger partial charge in [-0.3, -0.25) is 4.99 Å². The number of hydrogen-bond acceptors (Lipinski definition) is 3. The largest absolute Gasteiger partial charge is 0.326 e. The Hall–Kier alpha value is -1.14. The summed E-state index contributed by atoms with van der Waals surface area (Å²) >= 11 is 1.44. The molecule has 2 rings (SSSR count). The predicted molar refractivity (Wildman–Crippen MR) is 85.9 cm³/mol. The van der Waals surface area contributed by atoms with Crippen LogP contribution in [0.15, 0.2) is 35.8 Å². The maximum atomic E-state index is 14.1. The Kier molecular flexibility index (Phi) is 5.59. The molecule has 1 heterocycles. The predicted octanol–water partition coefficient (Wildman–Crippen LogP) is 2.98. The van der Waals surface area contributed by atoms with E-state index in [1.807, 2.05) is 0 Å². The Labute approximate surface area is 129 Å². The van der Waals surface area contributed by atoms with Crippen LogP contribution in [0.25, 0.3) is 0 Å². The second-order valence-corrected chi connectivity index (χ2v) is 6.07. The molecule has 4 atom stereocenters. The molecule has 0 saturated heterocycles. The average molecular weight is 306 g/mol. The Bertz CT molecular complexity index is 538. The summed E-state index contributed by atoms with van der Waals surface area (Å²) in [7, 11) is 5.91. The van der Waals surface area contributed by atoms with Crippen LogP contribution in [-0.4, -0.2) is 30.6 Å². The fraction of sp³-hybridized carbons (Fsp3) is 0.400. The molecule has 0 saturated carbocycles. The smallest absolute Gasteiger partial charge is 0.162 e. The van der Waals surface area contributed by atoms with Crippen molar-refractivity contribution < 1.29 is 8.78 Å². The fourth-order valence-corrected chi connectivity index (χ4v) is 3.50. The molecule has 0 bridgehead atoms. The van der Waals surface area contributed by atoms with Crippen LogP contribution < -0.4 is 5.73 Å². The number of allylic oxidation sites excluding steroid dienone is 1. The van der Waals surface area contributed by atoms with Crippen molar-refractivity contribution in [2.45, 2.75) is 36.0 Å². The summed E-state index contributed by atoms with van der Waals surface area (Å²) in [6.07, 6.45) is 3.01. The van der Waals surface area contributed by atoms with E-state index in [4.69, 9.17) is 13.6 Å². The van der Waals surface area contributed by atoms with Gasteiger partial charge in [0, 0.05) is 23.2 Å². The quantitative estimate of drug-likeness (QED) is 0.648. The third-order valence-corrected chi connectivity index (χ3v) is 4.85. The number of rotatable bonds is 6. The summed E-state index contributed by atoms with van der Waals surface area (Å²) in [5.41, 5.74) is 8.26. The standard InChI is InChI=1S/C15H17BF2N2S/c1-2-3-5-10(9-6-4-7-11(17)12(9)18)13(19)14-15(16)20-8-21-14/h2,4,6-8,10,13-15H,1,3,5,19H2/t10-,13-,14?,15?/m0/s1. The Balaban J connectivity index is 2.29. The van der Waals surface area contributed by atoms with E-state index >= 15 is 0 Å². The van der Waals surface area contributed by atoms with Crippen LogP contribution in [0.2, 0.25) is 0 Å². The minimum atomic E-state index is -0.858. The zero-order valence-corrected chi connectivity index (χ0v) is 12.4. The first-order valence-electron chi connectivity index (χ1n) is 6.79. The van der Waals surface area contributed by atoms with Crippen molar-refractivity contribution >= 4 is 25.2 Å². The van der Waals surface area contributed by atoms with Gasteiger partial charge in [0.2, 0.25) is 0 Å². The van der Waals surface area contributed by atoms with Crippen LogP contribution in [0.5, 0.6) is 0 Å². The Morgan fingerprint density at radius 1 is 1.48 bits per heavy atom. The molecule has 2 unspecified atom stereocenters. The van der Waals surface area contributed by atoms with Gasteiger partial charge in [-0.15, -0.1) is 18.3 Å². The number of thioether (sulfide) groups is 1. The SMILES string of the molecule is [B]C1N=CSC1[C@@H](N)[C@@H](CCC=C)c1cccc(F)c1F. The van der Waals surface area contributed by atoms with Crippen molar-refractivity contribution in [2.24, 2.45) is 10.7 Å². The van der Waals surface area contributed by atoms with Crippen molar-refractivity contribution in [2.75, 3.05) is 0 Å². The number of benzene rings is 1. The molecule has 0 aliphatic carbocycles. The number of aliphatic imine (C=N–C) groups is 1. The topological polar surface area (TPSA) is 38.4 Å². The Morgan fingerprint density at radius 3 is 2.86 bits per heavy atom. The monoisotopic (exact) mass is 306 g/mol. The molecule has 1 aromatic carbocycles.